The molecule has 0 fully saturated rings. The highest BCUT2D eigenvalue weighted by Crippen LogP contribution is 2.57. The summed E-state index contributed by atoms with van der Waals surface area (Å²) in [6.07, 6.45) is -0.692. The van der Waals surface area contributed by atoms with Gasteiger partial charge in [0.1, 0.15) is 18.0 Å². The van der Waals surface area contributed by atoms with Crippen LogP contribution in [-0.4, -0.2) is 42.3 Å². The fourth-order valence-electron chi connectivity index (χ4n) is 5.56. The third kappa shape index (κ3) is 6.12. The number of hydrogen-bond acceptors (Lipinski definition) is 5. The molecule has 0 radical (unpaired) electrons. The Bertz CT molecular complexity index is 1510. The summed E-state index contributed by atoms with van der Waals surface area (Å²) in [5, 5.41) is 12.9. The van der Waals surface area contributed by atoms with Crippen molar-refractivity contribution in [1.29, 1.82) is 0 Å². The van der Waals surface area contributed by atoms with Crippen LogP contribution >= 0.6 is 7.37 Å². The first-order chi connectivity index (χ1) is 19.9. The fraction of sp³-hybridized carbons (Fsp3) is 0.212. The number of carboxylic acid groups (broad SMARTS) is 1. The molecule has 5 rings (SSSR count). The van der Waals surface area contributed by atoms with Gasteiger partial charge in [-0.05, 0) is 39.8 Å². The van der Waals surface area contributed by atoms with Gasteiger partial charge in [0.2, 0.25) is 7.37 Å². The molecule has 0 heterocycles. The maximum absolute atomic E-state index is 14.5. The van der Waals surface area contributed by atoms with Gasteiger partial charge < -0.3 is 19.7 Å². The van der Waals surface area contributed by atoms with Gasteiger partial charge in [0.25, 0.3) is 0 Å². The zero-order valence-electron chi connectivity index (χ0n) is 22.7. The topological polar surface area (TPSA) is 102 Å². The third-order valence-corrected chi connectivity index (χ3v) is 10.6. The predicted octanol–water partition coefficient (Wildman–Crippen LogP) is 6.71. The van der Waals surface area contributed by atoms with E-state index in [1.54, 1.807) is 24.3 Å². The molecule has 1 amide bonds. The highest BCUT2D eigenvalue weighted by molar-refractivity contribution is 7.61. The predicted molar refractivity (Wildman–Crippen MR) is 158 cm³/mol. The van der Waals surface area contributed by atoms with Gasteiger partial charge in [-0.1, -0.05) is 109 Å². The first-order valence-electron chi connectivity index (χ1n) is 13.5. The number of aliphatic carboxylic acids is 1. The molecule has 0 aliphatic heterocycles. The van der Waals surface area contributed by atoms with Crippen LogP contribution in [0.4, 0.5) is 4.79 Å². The number of fused-ring (bicyclic) bond motifs is 3. The van der Waals surface area contributed by atoms with Gasteiger partial charge in [0.05, 0.1) is 0 Å². The van der Waals surface area contributed by atoms with E-state index in [0.29, 0.717) is 5.56 Å². The van der Waals surface area contributed by atoms with Crippen LogP contribution in [0.1, 0.15) is 28.2 Å². The van der Waals surface area contributed by atoms with Crippen molar-refractivity contribution in [1.82, 2.24) is 5.32 Å². The zero-order chi connectivity index (χ0) is 28.8. The molecule has 2 N–H and O–H groups in total. The number of carbonyl (C=O) groups excluding carboxylic acids is 1. The summed E-state index contributed by atoms with van der Waals surface area (Å²) in [5.41, 5.74) is 4.45. The summed E-state index contributed by atoms with van der Waals surface area (Å²) < 4.78 is 25.8. The molecule has 41 heavy (non-hydrogen) atoms. The van der Waals surface area contributed by atoms with E-state index in [1.807, 2.05) is 72.8 Å². The second kappa shape index (κ2) is 12.5. The van der Waals surface area contributed by atoms with Gasteiger partial charge in [0.15, 0.2) is 0 Å². The van der Waals surface area contributed by atoms with Crippen LogP contribution in [0.5, 0.6) is 0 Å². The highest BCUT2D eigenvalue weighted by atomic mass is 31.2. The molecular weight excluding hydrogens is 537 g/mol. The van der Waals surface area contributed by atoms with Crippen molar-refractivity contribution < 1.29 is 28.5 Å². The number of ether oxygens (including phenoxy) is 1. The first kappa shape index (κ1) is 28.3. The molecule has 0 spiro atoms. The van der Waals surface area contributed by atoms with Crippen molar-refractivity contribution in [2.24, 2.45) is 0 Å². The maximum atomic E-state index is 14.5. The Morgan fingerprint density at radius 3 is 1.78 bits per heavy atom. The lowest BCUT2D eigenvalue weighted by molar-refractivity contribution is -0.136. The highest BCUT2D eigenvalue weighted by Gasteiger charge is 2.46. The monoisotopic (exact) mass is 569 g/mol. The molecule has 1 aliphatic carbocycles. The molecule has 3 unspecified atom stereocenters. The van der Waals surface area contributed by atoms with Crippen LogP contribution in [0, 0.1) is 0 Å². The van der Waals surface area contributed by atoms with Crippen LogP contribution in [0.15, 0.2) is 109 Å². The molecule has 3 atom stereocenters. The van der Waals surface area contributed by atoms with E-state index in [9.17, 15) is 19.3 Å². The van der Waals surface area contributed by atoms with Crippen molar-refractivity contribution in [2.45, 2.75) is 30.2 Å². The van der Waals surface area contributed by atoms with E-state index < -0.39 is 30.9 Å². The molecule has 1 aliphatic rings. The van der Waals surface area contributed by atoms with E-state index in [-0.39, 0.29) is 25.4 Å². The standard InChI is InChI=1S/C33H32NO6P/c1-39-41(38,30(32(35)36)20-23-12-4-2-5-13-23)31(21-24-14-6-3-7-15-24)34-33(37)40-22-29-27-18-10-8-16-25(27)26-17-9-11-19-28(26)29/h2-19,29-31H,20-22H2,1H3,(H,34,37)(H,35,36). The van der Waals surface area contributed by atoms with Gasteiger partial charge in [0, 0.05) is 19.4 Å². The van der Waals surface area contributed by atoms with E-state index in [1.165, 1.54) is 7.11 Å². The number of hydrogen-bond donors (Lipinski definition) is 2. The normalized spacial score (nSPS) is 15.1. The van der Waals surface area contributed by atoms with Crippen molar-refractivity contribution in [2.75, 3.05) is 13.7 Å². The lowest BCUT2D eigenvalue weighted by Gasteiger charge is -2.31. The Hall–Kier alpha value is -4.19. The van der Waals surface area contributed by atoms with Gasteiger partial charge in [-0.15, -0.1) is 0 Å². The minimum absolute atomic E-state index is 0.0149. The van der Waals surface area contributed by atoms with Crippen molar-refractivity contribution in [3.05, 3.63) is 131 Å². The van der Waals surface area contributed by atoms with Gasteiger partial charge in [-0.25, -0.2) is 4.79 Å². The molecular formula is C33H32NO6P. The summed E-state index contributed by atoms with van der Waals surface area (Å²) in [7, 11) is -2.79. The van der Waals surface area contributed by atoms with Crippen LogP contribution in [0.3, 0.4) is 0 Å². The Morgan fingerprint density at radius 1 is 0.780 bits per heavy atom. The van der Waals surface area contributed by atoms with Crippen molar-refractivity contribution in [3.8, 4) is 11.1 Å². The largest absolute Gasteiger partial charge is 0.481 e. The summed E-state index contributed by atoms with van der Waals surface area (Å²) in [6, 6.07) is 34.2. The van der Waals surface area contributed by atoms with Crippen LogP contribution in [0.2, 0.25) is 0 Å². The minimum Gasteiger partial charge on any atom is -0.481 e. The van der Waals surface area contributed by atoms with Gasteiger partial charge >= 0.3 is 12.1 Å². The first-order valence-corrected chi connectivity index (χ1v) is 15.2. The fourth-order valence-corrected chi connectivity index (χ4v) is 8.03. The van der Waals surface area contributed by atoms with Gasteiger partial charge in [-0.2, -0.15) is 0 Å². The van der Waals surface area contributed by atoms with Crippen molar-refractivity contribution in [3.63, 3.8) is 0 Å². The van der Waals surface area contributed by atoms with Crippen LogP contribution in [-0.2, 0) is 31.5 Å². The van der Waals surface area contributed by atoms with E-state index in [2.05, 4.69) is 17.4 Å². The Morgan fingerprint density at radius 2 is 1.27 bits per heavy atom. The number of amides is 1. The molecule has 0 bridgehead atoms. The van der Waals surface area contributed by atoms with E-state index >= 15 is 0 Å². The summed E-state index contributed by atoms with van der Waals surface area (Å²) in [5.74, 6) is -2.54. The molecule has 8 heteroatoms. The minimum atomic E-state index is -4.03. The van der Waals surface area contributed by atoms with Gasteiger partial charge in [-0.3, -0.25) is 9.36 Å². The molecule has 0 aromatic heterocycles. The molecule has 7 nitrogen and oxygen atoms in total. The number of nitrogens with one attached hydrogen (secondary N) is 1. The Kier molecular flexibility index (Phi) is 8.67. The van der Waals surface area contributed by atoms with Crippen molar-refractivity contribution >= 4 is 19.4 Å². The summed E-state index contributed by atoms with van der Waals surface area (Å²) in [6.45, 7) is 0.0710. The number of benzene rings is 4. The number of carboxylic acids is 1. The summed E-state index contributed by atoms with van der Waals surface area (Å²) >= 11 is 0. The molecule has 0 saturated carbocycles. The van der Waals surface area contributed by atoms with Crippen LogP contribution in [0.25, 0.3) is 11.1 Å². The number of carbonyl (C=O) groups is 2. The van der Waals surface area contributed by atoms with Crippen LogP contribution < -0.4 is 5.32 Å². The SMILES string of the molecule is COP(=O)(C(Cc1ccccc1)NC(=O)OCC1c2ccccc2-c2ccccc21)C(Cc1ccccc1)C(=O)O. The molecule has 210 valence electrons. The molecule has 4 aromatic rings. The van der Waals surface area contributed by atoms with E-state index in [4.69, 9.17) is 9.26 Å². The average molecular weight is 570 g/mol. The maximum Gasteiger partial charge on any atom is 0.407 e. The second-order valence-electron chi connectivity index (χ2n) is 10.0. The smallest absolute Gasteiger partial charge is 0.407 e. The third-order valence-electron chi connectivity index (χ3n) is 7.61. The average Bonchev–Trinajstić information content (AvgIpc) is 3.32. The molecule has 0 saturated heterocycles. The number of alkyl carbamates (subject to hydrolysis) is 1. The lowest BCUT2D eigenvalue weighted by Crippen LogP contribution is -2.42. The zero-order valence-corrected chi connectivity index (χ0v) is 23.6. The second-order valence-corrected chi connectivity index (χ2v) is 12.9. The Balaban J connectivity index is 1.39. The molecule has 4 aromatic carbocycles. The quantitative estimate of drug-likeness (QED) is 0.195. The Labute approximate surface area is 239 Å². The van der Waals surface area contributed by atoms with E-state index in [0.717, 1.165) is 27.8 Å². The number of rotatable bonds is 11. The lowest BCUT2D eigenvalue weighted by atomic mass is 9.98. The summed E-state index contributed by atoms with van der Waals surface area (Å²) in [4.78, 5) is 25.8.